The Hall–Kier alpha value is -2.47. The molecule has 0 aromatic heterocycles. The van der Waals surface area contributed by atoms with Gasteiger partial charge in [-0.25, -0.2) is 8.42 Å². The Labute approximate surface area is 160 Å². The first-order valence-electron chi connectivity index (χ1n) is 8.67. The van der Waals surface area contributed by atoms with Crippen molar-refractivity contribution in [3.8, 4) is 0 Å². The molecule has 0 bridgehead atoms. The molecule has 2 aromatic carbocycles. The van der Waals surface area contributed by atoms with Gasteiger partial charge in [-0.05, 0) is 32.9 Å². The number of esters is 1. The average Bonchev–Trinajstić information content (AvgIpc) is 2.59. The van der Waals surface area contributed by atoms with Gasteiger partial charge in [0.2, 0.25) is 0 Å². The van der Waals surface area contributed by atoms with E-state index in [9.17, 15) is 18.0 Å². The number of hydrogen-bond acceptors (Lipinski definition) is 5. The van der Waals surface area contributed by atoms with Crippen LogP contribution >= 0.6 is 0 Å². The van der Waals surface area contributed by atoms with Crippen LogP contribution in [-0.4, -0.2) is 32.0 Å². The first-order chi connectivity index (χ1) is 12.6. The van der Waals surface area contributed by atoms with Gasteiger partial charge in [-0.15, -0.1) is 0 Å². The third kappa shape index (κ3) is 5.50. The number of Topliss-reactive ketones (excluding diaryl/α,β-unsaturated/α-hetero) is 1. The second kappa shape index (κ2) is 8.48. The molecule has 2 rings (SSSR count). The van der Waals surface area contributed by atoms with Crippen molar-refractivity contribution in [3.63, 3.8) is 0 Å². The normalized spacial score (nSPS) is 13.6. The summed E-state index contributed by atoms with van der Waals surface area (Å²) >= 11 is 0. The molecule has 2 aromatic rings. The summed E-state index contributed by atoms with van der Waals surface area (Å²) in [5.41, 5.74) is 2.32. The van der Waals surface area contributed by atoms with Gasteiger partial charge in [0, 0.05) is 12.5 Å². The fraction of sp³-hybridized carbons (Fsp3) is 0.333. The molecular formula is C21H24O5S. The lowest BCUT2D eigenvalue weighted by Crippen LogP contribution is -2.35. The summed E-state index contributed by atoms with van der Waals surface area (Å²) < 4.78 is 30.8. The molecule has 0 amide bonds. The van der Waals surface area contributed by atoms with Crippen molar-refractivity contribution in [1.29, 1.82) is 0 Å². The van der Waals surface area contributed by atoms with Gasteiger partial charge in [-0.3, -0.25) is 9.59 Å². The fourth-order valence-corrected chi connectivity index (χ4v) is 4.42. The molecule has 27 heavy (non-hydrogen) atoms. The van der Waals surface area contributed by atoms with Gasteiger partial charge < -0.3 is 4.74 Å². The first-order valence-corrected chi connectivity index (χ1v) is 10.3. The molecule has 5 nitrogen and oxygen atoms in total. The Balaban J connectivity index is 2.37. The average molecular weight is 388 g/mol. The van der Waals surface area contributed by atoms with Crippen LogP contribution in [0.3, 0.4) is 0 Å². The first kappa shape index (κ1) is 20.8. The van der Waals surface area contributed by atoms with E-state index in [1.54, 1.807) is 43.3 Å². The Kier molecular flexibility index (Phi) is 6.54. The van der Waals surface area contributed by atoms with Crippen molar-refractivity contribution >= 4 is 21.6 Å². The molecule has 0 unspecified atom stereocenters. The Bertz CT molecular complexity index is 912. The Morgan fingerprint density at radius 3 is 1.89 bits per heavy atom. The molecule has 0 fully saturated rings. The molecular weight excluding hydrogens is 364 g/mol. The molecule has 2 atom stereocenters. The summed E-state index contributed by atoms with van der Waals surface area (Å²) in [4.78, 5) is 24.5. The number of sulfone groups is 1. The third-order valence-electron chi connectivity index (χ3n) is 4.37. The van der Waals surface area contributed by atoms with Gasteiger partial charge in [-0.2, -0.15) is 0 Å². The van der Waals surface area contributed by atoms with E-state index < -0.39 is 33.6 Å². The van der Waals surface area contributed by atoms with Crippen LogP contribution < -0.4 is 0 Å². The predicted molar refractivity (Wildman–Crippen MR) is 103 cm³/mol. The SMILES string of the molecule is CC(=O)O[C@H](C)[C@H](CS(=O)(=O)c1ccc(C)cc1)C(=O)c1ccc(C)cc1. The number of benzene rings is 2. The minimum atomic E-state index is -3.73. The zero-order valence-corrected chi connectivity index (χ0v) is 16.7. The second-order valence-corrected chi connectivity index (χ2v) is 8.78. The van der Waals surface area contributed by atoms with Gasteiger partial charge in [0.25, 0.3) is 0 Å². The number of ketones is 1. The largest absolute Gasteiger partial charge is 0.462 e. The van der Waals surface area contributed by atoms with Crippen LogP contribution in [0.25, 0.3) is 0 Å². The maximum absolute atomic E-state index is 13.0. The quantitative estimate of drug-likeness (QED) is 0.536. The van der Waals surface area contributed by atoms with E-state index in [-0.39, 0.29) is 10.7 Å². The van der Waals surface area contributed by atoms with E-state index in [2.05, 4.69) is 0 Å². The molecule has 0 aliphatic carbocycles. The van der Waals surface area contributed by atoms with E-state index in [1.807, 2.05) is 13.8 Å². The smallest absolute Gasteiger partial charge is 0.302 e. The van der Waals surface area contributed by atoms with Crippen LogP contribution in [0, 0.1) is 19.8 Å². The van der Waals surface area contributed by atoms with Crippen molar-refractivity contribution in [2.45, 2.75) is 38.7 Å². The Morgan fingerprint density at radius 2 is 1.41 bits per heavy atom. The van der Waals surface area contributed by atoms with Crippen LogP contribution in [0.15, 0.2) is 53.4 Å². The second-order valence-electron chi connectivity index (χ2n) is 6.75. The molecule has 0 saturated carbocycles. The highest BCUT2D eigenvalue weighted by molar-refractivity contribution is 7.91. The highest BCUT2D eigenvalue weighted by Crippen LogP contribution is 2.22. The number of aryl methyl sites for hydroxylation is 2. The van der Waals surface area contributed by atoms with Crippen LogP contribution in [-0.2, 0) is 19.4 Å². The van der Waals surface area contributed by atoms with Crippen LogP contribution in [0.5, 0.6) is 0 Å². The monoisotopic (exact) mass is 388 g/mol. The maximum atomic E-state index is 13.0. The molecule has 0 heterocycles. The molecule has 0 N–H and O–H groups in total. The molecule has 0 aliphatic heterocycles. The van der Waals surface area contributed by atoms with Crippen molar-refractivity contribution in [2.75, 3.05) is 5.75 Å². The lowest BCUT2D eigenvalue weighted by atomic mass is 9.94. The minimum Gasteiger partial charge on any atom is -0.462 e. The van der Waals surface area contributed by atoms with E-state index >= 15 is 0 Å². The zero-order valence-electron chi connectivity index (χ0n) is 15.9. The predicted octanol–water partition coefficient (Wildman–Crippen LogP) is 3.53. The van der Waals surface area contributed by atoms with Gasteiger partial charge >= 0.3 is 5.97 Å². The molecule has 0 aliphatic rings. The van der Waals surface area contributed by atoms with E-state index in [0.717, 1.165) is 11.1 Å². The molecule has 0 spiro atoms. The zero-order chi connectivity index (χ0) is 20.2. The third-order valence-corrected chi connectivity index (χ3v) is 6.16. The lowest BCUT2D eigenvalue weighted by Gasteiger charge is -2.23. The summed E-state index contributed by atoms with van der Waals surface area (Å²) in [5, 5.41) is 0. The van der Waals surface area contributed by atoms with Crippen LogP contribution in [0.4, 0.5) is 0 Å². The van der Waals surface area contributed by atoms with Gasteiger partial charge in [0.05, 0.1) is 16.6 Å². The van der Waals surface area contributed by atoms with Crippen molar-refractivity contribution in [1.82, 2.24) is 0 Å². The van der Waals surface area contributed by atoms with Crippen molar-refractivity contribution in [3.05, 3.63) is 65.2 Å². The summed E-state index contributed by atoms with van der Waals surface area (Å²) in [6, 6.07) is 13.3. The minimum absolute atomic E-state index is 0.143. The van der Waals surface area contributed by atoms with E-state index in [0.29, 0.717) is 5.56 Å². The van der Waals surface area contributed by atoms with Crippen molar-refractivity contribution < 1.29 is 22.7 Å². The van der Waals surface area contributed by atoms with Crippen LogP contribution in [0.2, 0.25) is 0 Å². The molecule has 6 heteroatoms. The molecule has 0 radical (unpaired) electrons. The number of hydrogen-bond donors (Lipinski definition) is 0. The standard InChI is InChI=1S/C21H24O5S/c1-14-5-9-18(10-6-14)21(23)20(16(3)26-17(4)22)13-27(24,25)19-11-7-15(2)8-12-19/h5-12,16,20H,13H2,1-4H3/t16-,20+/m1/s1. The highest BCUT2D eigenvalue weighted by atomic mass is 32.2. The summed E-state index contributed by atoms with van der Waals surface area (Å²) in [7, 11) is -3.73. The highest BCUT2D eigenvalue weighted by Gasteiger charge is 2.33. The van der Waals surface area contributed by atoms with E-state index in [1.165, 1.54) is 19.1 Å². The Morgan fingerprint density at radius 1 is 0.926 bits per heavy atom. The molecule has 144 valence electrons. The summed E-state index contributed by atoms with van der Waals surface area (Å²) in [6.45, 7) is 6.54. The number of carbonyl (C=O) groups excluding carboxylic acids is 2. The number of ether oxygens (including phenoxy) is 1. The lowest BCUT2D eigenvalue weighted by molar-refractivity contribution is -0.146. The number of carbonyl (C=O) groups is 2. The summed E-state index contributed by atoms with van der Waals surface area (Å²) in [5.74, 6) is -2.35. The maximum Gasteiger partial charge on any atom is 0.302 e. The van der Waals surface area contributed by atoms with E-state index in [4.69, 9.17) is 4.74 Å². The number of rotatable bonds is 7. The molecule has 0 saturated heterocycles. The summed E-state index contributed by atoms with van der Waals surface area (Å²) in [6.07, 6.45) is -0.864. The topological polar surface area (TPSA) is 77.5 Å². The fourth-order valence-electron chi connectivity index (χ4n) is 2.78. The van der Waals surface area contributed by atoms with Gasteiger partial charge in [0.15, 0.2) is 15.6 Å². The van der Waals surface area contributed by atoms with Gasteiger partial charge in [0.1, 0.15) is 6.10 Å². The van der Waals surface area contributed by atoms with Crippen molar-refractivity contribution in [2.24, 2.45) is 5.92 Å². The van der Waals surface area contributed by atoms with Gasteiger partial charge in [-0.1, -0.05) is 47.5 Å². The van der Waals surface area contributed by atoms with Crippen LogP contribution in [0.1, 0.15) is 35.3 Å².